The van der Waals surface area contributed by atoms with Crippen molar-refractivity contribution in [3.8, 4) is 11.5 Å². The van der Waals surface area contributed by atoms with E-state index < -0.39 is 0 Å². The Morgan fingerprint density at radius 2 is 1.33 bits per heavy atom. The summed E-state index contributed by atoms with van der Waals surface area (Å²) in [6, 6.07) is 4.39. The summed E-state index contributed by atoms with van der Waals surface area (Å²) in [6.45, 7) is 4.42. The van der Waals surface area contributed by atoms with Crippen LogP contribution in [0.2, 0.25) is 0 Å². The molecule has 3 heteroatoms. The fourth-order valence-corrected chi connectivity index (χ4v) is 2.25. The highest BCUT2D eigenvalue weighted by molar-refractivity contribution is 5.53. The number of fused-ring (bicyclic) bond motifs is 1. The predicted octanol–water partition coefficient (Wildman–Crippen LogP) is 3.90. The molecule has 3 nitrogen and oxygen atoms in total. The van der Waals surface area contributed by atoms with Crippen LogP contribution >= 0.6 is 0 Å². The molecule has 1 heterocycles. The lowest BCUT2D eigenvalue weighted by Gasteiger charge is -2.07. The zero-order valence-corrected chi connectivity index (χ0v) is 11.7. The third-order valence-electron chi connectivity index (χ3n) is 3.31. The van der Waals surface area contributed by atoms with Gasteiger partial charge in [0.2, 0.25) is 0 Å². The molecule has 0 amide bonds. The fourth-order valence-electron chi connectivity index (χ4n) is 2.25. The number of hydrogen-bond acceptors (Lipinski definition) is 3. The first-order valence-corrected chi connectivity index (χ1v) is 7.00. The summed E-state index contributed by atoms with van der Waals surface area (Å²) in [5, 5.41) is 1.45. The third-order valence-corrected chi connectivity index (χ3v) is 3.31. The van der Waals surface area contributed by atoms with E-state index in [1.807, 2.05) is 0 Å². The zero-order valence-electron chi connectivity index (χ0n) is 11.7. The first kappa shape index (κ1) is 13.2. The fraction of sp³-hybridized carbons (Fsp3) is 0.600. The molecule has 0 aromatic heterocycles. The molecular formula is C15H23NO2. The molecule has 1 aliphatic heterocycles. The van der Waals surface area contributed by atoms with Gasteiger partial charge in [-0.15, -0.1) is 0 Å². The molecule has 18 heavy (non-hydrogen) atoms. The number of hydrogen-bond donors (Lipinski definition) is 0. The lowest BCUT2D eigenvalue weighted by Crippen LogP contribution is -2.19. The van der Waals surface area contributed by atoms with Crippen molar-refractivity contribution in [2.75, 3.05) is 7.05 Å². The van der Waals surface area contributed by atoms with Gasteiger partial charge in [-0.25, -0.2) is 0 Å². The topological polar surface area (TPSA) is 21.7 Å². The molecule has 0 bridgehead atoms. The molecule has 0 unspecified atom stereocenters. The van der Waals surface area contributed by atoms with Crippen LogP contribution in [0.25, 0.3) is 0 Å². The van der Waals surface area contributed by atoms with Gasteiger partial charge < -0.3 is 9.68 Å². The van der Waals surface area contributed by atoms with Crippen molar-refractivity contribution in [2.45, 2.75) is 52.4 Å². The molecule has 0 aliphatic carbocycles. The summed E-state index contributed by atoms with van der Waals surface area (Å²) in [5.74, 6) is 1.86. The largest absolute Gasteiger partial charge is 0.367 e. The van der Waals surface area contributed by atoms with Gasteiger partial charge in [0.25, 0.3) is 0 Å². The second kappa shape index (κ2) is 6.10. The van der Waals surface area contributed by atoms with Gasteiger partial charge in [-0.1, -0.05) is 38.8 Å². The molecular weight excluding hydrogens is 226 g/mol. The third kappa shape index (κ3) is 2.78. The molecule has 0 radical (unpaired) electrons. The number of aryl methyl sites for hydroxylation is 2. The minimum atomic E-state index is 0.930. The summed E-state index contributed by atoms with van der Waals surface area (Å²) in [4.78, 5) is 11.3. The Morgan fingerprint density at radius 1 is 0.889 bits per heavy atom. The lowest BCUT2D eigenvalue weighted by molar-refractivity contribution is -0.204. The Balaban J connectivity index is 2.23. The normalized spacial score (nSPS) is 14.2. The van der Waals surface area contributed by atoms with Crippen molar-refractivity contribution in [1.82, 2.24) is 5.23 Å². The predicted molar refractivity (Wildman–Crippen MR) is 72.7 cm³/mol. The smallest absolute Gasteiger partial charge is 0.199 e. The molecule has 0 saturated heterocycles. The molecule has 2 rings (SSSR count). The molecule has 1 aliphatic rings. The van der Waals surface area contributed by atoms with Gasteiger partial charge in [0.05, 0.1) is 7.05 Å². The van der Waals surface area contributed by atoms with Crippen LogP contribution in [0.4, 0.5) is 0 Å². The average Bonchev–Trinajstić information content (AvgIpc) is 2.76. The number of rotatable bonds is 6. The van der Waals surface area contributed by atoms with Crippen LogP contribution in [0.1, 0.15) is 50.7 Å². The first-order valence-electron chi connectivity index (χ1n) is 7.00. The van der Waals surface area contributed by atoms with Gasteiger partial charge in [-0.2, -0.15) is 0 Å². The molecule has 1 aromatic rings. The number of hydroxylamine groups is 2. The van der Waals surface area contributed by atoms with E-state index in [0.717, 1.165) is 24.3 Å². The Morgan fingerprint density at radius 3 is 1.72 bits per heavy atom. The highest BCUT2D eigenvalue weighted by Crippen LogP contribution is 2.41. The molecule has 1 aromatic carbocycles. The van der Waals surface area contributed by atoms with E-state index in [-0.39, 0.29) is 0 Å². The van der Waals surface area contributed by atoms with Crippen LogP contribution in [0, 0.1) is 0 Å². The summed E-state index contributed by atoms with van der Waals surface area (Å²) in [5.41, 5.74) is 2.52. The van der Waals surface area contributed by atoms with E-state index in [1.165, 1.54) is 42.0 Å². The van der Waals surface area contributed by atoms with Gasteiger partial charge in [0.1, 0.15) is 0 Å². The maximum absolute atomic E-state index is 5.67. The van der Waals surface area contributed by atoms with Crippen molar-refractivity contribution in [1.29, 1.82) is 0 Å². The maximum atomic E-state index is 5.67. The molecule has 100 valence electrons. The van der Waals surface area contributed by atoms with Gasteiger partial charge >= 0.3 is 0 Å². The summed E-state index contributed by atoms with van der Waals surface area (Å²) < 4.78 is 0. The Bertz CT molecular complexity index is 367. The number of nitrogens with zero attached hydrogens (tertiary/aromatic N) is 1. The second-order valence-electron chi connectivity index (χ2n) is 4.87. The summed E-state index contributed by atoms with van der Waals surface area (Å²) >= 11 is 0. The minimum absolute atomic E-state index is 0.930. The highest BCUT2D eigenvalue weighted by Gasteiger charge is 2.25. The van der Waals surface area contributed by atoms with Gasteiger partial charge in [-0.05, 0) is 25.7 Å². The van der Waals surface area contributed by atoms with E-state index in [4.69, 9.17) is 9.68 Å². The van der Waals surface area contributed by atoms with Crippen LogP contribution in [0.3, 0.4) is 0 Å². The molecule has 0 fully saturated rings. The molecule has 0 spiro atoms. The van der Waals surface area contributed by atoms with E-state index in [9.17, 15) is 0 Å². The van der Waals surface area contributed by atoms with Gasteiger partial charge in [0, 0.05) is 16.4 Å². The number of unbranched alkanes of at least 4 members (excludes halogenated alkanes) is 2. The van der Waals surface area contributed by atoms with Crippen LogP contribution in [0.15, 0.2) is 12.1 Å². The zero-order chi connectivity index (χ0) is 13.0. The quantitative estimate of drug-likeness (QED) is 0.763. The standard InChI is InChI=1S/C15H23NO2/c1-4-6-8-12-10-11-13(9-7-5-2)15-14(12)17-16(3)18-15/h10-11H,4-9H2,1-3H3. The van der Waals surface area contributed by atoms with Crippen molar-refractivity contribution >= 4 is 0 Å². The van der Waals surface area contributed by atoms with Gasteiger partial charge in [-0.3, -0.25) is 0 Å². The lowest BCUT2D eigenvalue weighted by atomic mass is 10.0. The summed E-state index contributed by atoms with van der Waals surface area (Å²) in [7, 11) is 1.80. The Hall–Kier alpha value is -1.22. The molecule has 0 atom stereocenters. The van der Waals surface area contributed by atoms with Crippen LogP contribution in [0.5, 0.6) is 11.5 Å². The maximum Gasteiger partial charge on any atom is 0.199 e. The van der Waals surface area contributed by atoms with Crippen molar-refractivity contribution in [3.63, 3.8) is 0 Å². The van der Waals surface area contributed by atoms with E-state index in [1.54, 1.807) is 7.05 Å². The van der Waals surface area contributed by atoms with Crippen LogP contribution in [-0.2, 0) is 12.8 Å². The second-order valence-corrected chi connectivity index (χ2v) is 4.87. The Kier molecular flexibility index (Phi) is 4.48. The molecule has 0 saturated carbocycles. The van der Waals surface area contributed by atoms with Crippen molar-refractivity contribution in [3.05, 3.63) is 23.3 Å². The van der Waals surface area contributed by atoms with Crippen LogP contribution in [-0.4, -0.2) is 12.3 Å². The van der Waals surface area contributed by atoms with Gasteiger partial charge in [0.15, 0.2) is 11.5 Å². The van der Waals surface area contributed by atoms with E-state index >= 15 is 0 Å². The minimum Gasteiger partial charge on any atom is -0.367 e. The highest BCUT2D eigenvalue weighted by atomic mass is 17.0. The average molecular weight is 249 g/mol. The first-order chi connectivity index (χ1) is 8.76. The summed E-state index contributed by atoms with van der Waals surface area (Å²) in [6.07, 6.45) is 6.89. The Labute approximate surface area is 110 Å². The van der Waals surface area contributed by atoms with Crippen LogP contribution < -0.4 is 9.68 Å². The molecule has 0 N–H and O–H groups in total. The number of benzene rings is 1. The monoisotopic (exact) mass is 249 g/mol. The van der Waals surface area contributed by atoms with Crippen molar-refractivity contribution < 1.29 is 9.68 Å². The van der Waals surface area contributed by atoms with E-state index in [0.29, 0.717) is 0 Å². The SMILES string of the molecule is CCCCc1ccc(CCCC)c2c1ON(C)O2. The van der Waals surface area contributed by atoms with Crippen molar-refractivity contribution in [2.24, 2.45) is 0 Å². The van der Waals surface area contributed by atoms with E-state index in [2.05, 4.69) is 26.0 Å².